The van der Waals surface area contributed by atoms with Gasteiger partial charge in [-0.25, -0.2) is 0 Å². The van der Waals surface area contributed by atoms with Crippen LogP contribution in [-0.4, -0.2) is 37.0 Å². The summed E-state index contributed by atoms with van der Waals surface area (Å²) in [5, 5.41) is 3.46. The second-order valence-corrected chi connectivity index (χ2v) is 6.49. The minimum absolute atomic E-state index is 0. The Balaban J connectivity index is 0.00000120. The molecule has 0 aromatic heterocycles. The predicted molar refractivity (Wildman–Crippen MR) is 74.9 cm³/mol. The molecule has 0 aromatic carbocycles. The van der Waals surface area contributed by atoms with Gasteiger partial charge < -0.3 is 10.2 Å². The van der Waals surface area contributed by atoms with Crippen molar-refractivity contribution in [2.45, 2.75) is 39.0 Å². The number of nitrogens with zero attached hydrogens (tertiary/aromatic N) is 1. The van der Waals surface area contributed by atoms with Gasteiger partial charge in [-0.15, -0.1) is 12.4 Å². The van der Waals surface area contributed by atoms with Crippen molar-refractivity contribution in [1.29, 1.82) is 0 Å². The number of hydrogen-bond acceptors (Lipinski definition) is 2. The molecule has 3 fully saturated rings. The van der Waals surface area contributed by atoms with E-state index < -0.39 is 0 Å². The second kappa shape index (κ2) is 5.38. The summed E-state index contributed by atoms with van der Waals surface area (Å²) in [6, 6.07) is 0. The van der Waals surface area contributed by atoms with Crippen LogP contribution in [0.25, 0.3) is 0 Å². The Morgan fingerprint density at radius 3 is 2.61 bits per heavy atom. The van der Waals surface area contributed by atoms with E-state index in [9.17, 15) is 4.79 Å². The molecular weight excluding hydrogens is 248 g/mol. The highest BCUT2D eigenvalue weighted by molar-refractivity contribution is 5.85. The van der Waals surface area contributed by atoms with Gasteiger partial charge in [-0.3, -0.25) is 4.79 Å². The van der Waals surface area contributed by atoms with Crippen LogP contribution in [-0.2, 0) is 4.79 Å². The monoisotopic (exact) mass is 272 g/mol. The Morgan fingerprint density at radius 1 is 1.22 bits per heavy atom. The van der Waals surface area contributed by atoms with Crippen molar-refractivity contribution in [3.8, 4) is 0 Å². The van der Waals surface area contributed by atoms with E-state index in [1.54, 1.807) is 0 Å². The number of hydrogen-bond donors (Lipinski definition) is 1. The molecule has 3 aliphatic rings. The predicted octanol–water partition coefficient (Wildman–Crippen LogP) is 2.06. The van der Waals surface area contributed by atoms with Gasteiger partial charge >= 0.3 is 0 Å². The van der Waals surface area contributed by atoms with Crippen LogP contribution >= 0.6 is 12.4 Å². The van der Waals surface area contributed by atoms with Gasteiger partial charge in [0, 0.05) is 18.5 Å². The zero-order chi connectivity index (χ0) is 11.9. The largest absolute Gasteiger partial charge is 0.342 e. The Bertz CT molecular complexity index is 315. The van der Waals surface area contributed by atoms with Gasteiger partial charge in [-0.05, 0) is 44.2 Å². The lowest BCUT2D eigenvalue weighted by Crippen LogP contribution is -2.48. The summed E-state index contributed by atoms with van der Waals surface area (Å²) >= 11 is 0. The first-order chi connectivity index (χ1) is 8.19. The third kappa shape index (κ3) is 2.39. The molecule has 1 aliphatic carbocycles. The van der Waals surface area contributed by atoms with Crippen molar-refractivity contribution in [3.63, 3.8) is 0 Å². The maximum absolute atomic E-state index is 12.6. The number of rotatable bonds is 1. The molecule has 0 bridgehead atoms. The Morgan fingerprint density at radius 2 is 1.89 bits per heavy atom. The van der Waals surface area contributed by atoms with Crippen LogP contribution in [0.4, 0.5) is 0 Å². The highest BCUT2D eigenvalue weighted by Gasteiger charge is 2.42. The molecule has 2 atom stereocenters. The van der Waals surface area contributed by atoms with E-state index in [1.165, 1.54) is 25.8 Å². The number of carbonyl (C=O) groups excluding carboxylic acids is 1. The molecular formula is C14H25ClN2O. The van der Waals surface area contributed by atoms with E-state index >= 15 is 0 Å². The van der Waals surface area contributed by atoms with Crippen molar-refractivity contribution in [2.75, 3.05) is 26.2 Å². The molecule has 1 saturated carbocycles. The van der Waals surface area contributed by atoms with Crippen molar-refractivity contribution in [3.05, 3.63) is 0 Å². The molecule has 4 heteroatoms. The van der Waals surface area contributed by atoms with Crippen LogP contribution < -0.4 is 5.32 Å². The highest BCUT2D eigenvalue weighted by atomic mass is 35.5. The minimum Gasteiger partial charge on any atom is -0.342 e. The van der Waals surface area contributed by atoms with Crippen molar-refractivity contribution < 1.29 is 4.79 Å². The van der Waals surface area contributed by atoms with Gasteiger partial charge in [-0.2, -0.15) is 0 Å². The molecule has 3 rings (SSSR count). The summed E-state index contributed by atoms with van der Waals surface area (Å²) in [7, 11) is 0. The summed E-state index contributed by atoms with van der Waals surface area (Å²) in [4.78, 5) is 14.8. The molecule has 1 amide bonds. The summed E-state index contributed by atoms with van der Waals surface area (Å²) < 4.78 is 0. The van der Waals surface area contributed by atoms with Gasteiger partial charge in [0.15, 0.2) is 0 Å². The van der Waals surface area contributed by atoms with E-state index in [0.29, 0.717) is 5.91 Å². The number of likely N-dealkylation sites (tertiary alicyclic amines) is 1. The third-order valence-corrected chi connectivity index (χ3v) is 5.22. The van der Waals surface area contributed by atoms with E-state index in [-0.39, 0.29) is 17.8 Å². The zero-order valence-corrected chi connectivity index (χ0v) is 12.1. The SMILES string of the molecule is CC1(C(=O)N2CCC3CNCC3C2)CCCC1.Cl. The molecule has 0 radical (unpaired) electrons. The van der Waals surface area contributed by atoms with Crippen LogP contribution in [0.3, 0.4) is 0 Å². The molecule has 18 heavy (non-hydrogen) atoms. The normalized spacial score (nSPS) is 33.9. The first kappa shape index (κ1) is 14.1. The Hall–Kier alpha value is -0.280. The molecule has 2 aliphatic heterocycles. The van der Waals surface area contributed by atoms with Crippen LogP contribution in [0, 0.1) is 17.3 Å². The van der Waals surface area contributed by atoms with Gasteiger partial charge in [0.05, 0.1) is 0 Å². The number of amides is 1. The average molecular weight is 273 g/mol. The minimum atomic E-state index is -0.0289. The number of carbonyl (C=O) groups is 1. The Kier molecular flexibility index (Phi) is 4.22. The van der Waals surface area contributed by atoms with Crippen molar-refractivity contribution in [1.82, 2.24) is 10.2 Å². The number of fused-ring (bicyclic) bond motifs is 1. The molecule has 3 nitrogen and oxygen atoms in total. The smallest absolute Gasteiger partial charge is 0.228 e. The lowest BCUT2D eigenvalue weighted by Gasteiger charge is -2.38. The topological polar surface area (TPSA) is 32.3 Å². The fourth-order valence-corrected chi connectivity index (χ4v) is 3.97. The molecule has 2 saturated heterocycles. The third-order valence-electron chi connectivity index (χ3n) is 5.22. The molecule has 1 N–H and O–H groups in total. The summed E-state index contributed by atoms with van der Waals surface area (Å²) in [6.07, 6.45) is 5.90. The fraction of sp³-hybridized carbons (Fsp3) is 0.929. The molecule has 104 valence electrons. The number of piperidine rings is 1. The lowest BCUT2D eigenvalue weighted by molar-refractivity contribution is -0.143. The number of nitrogens with one attached hydrogen (secondary N) is 1. The second-order valence-electron chi connectivity index (χ2n) is 6.49. The van der Waals surface area contributed by atoms with Crippen LogP contribution in [0.2, 0.25) is 0 Å². The van der Waals surface area contributed by atoms with Gasteiger partial charge in [0.1, 0.15) is 0 Å². The van der Waals surface area contributed by atoms with Crippen molar-refractivity contribution >= 4 is 18.3 Å². The van der Waals surface area contributed by atoms with Crippen molar-refractivity contribution in [2.24, 2.45) is 17.3 Å². The quantitative estimate of drug-likeness (QED) is 0.793. The molecule has 0 aromatic rings. The van der Waals surface area contributed by atoms with Crippen LogP contribution in [0.1, 0.15) is 39.0 Å². The van der Waals surface area contributed by atoms with E-state index in [2.05, 4.69) is 17.1 Å². The molecule has 0 spiro atoms. The maximum atomic E-state index is 12.6. The van der Waals surface area contributed by atoms with E-state index in [4.69, 9.17) is 0 Å². The first-order valence-electron chi connectivity index (χ1n) is 7.19. The lowest BCUT2D eigenvalue weighted by atomic mass is 9.83. The number of halogens is 1. The standard InChI is InChI=1S/C14H24N2O.ClH/c1-14(5-2-3-6-14)13(17)16-7-4-11-8-15-9-12(11)10-16;/h11-12,15H,2-10H2,1H3;1H. The van der Waals surface area contributed by atoms with Crippen LogP contribution in [0.5, 0.6) is 0 Å². The zero-order valence-electron chi connectivity index (χ0n) is 11.3. The van der Waals surface area contributed by atoms with E-state index in [0.717, 1.165) is 44.3 Å². The first-order valence-corrected chi connectivity index (χ1v) is 7.19. The summed E-state index contributed by atoms with van der Waals surface area (Å²) in [6.45, 7) is 6.47. The molecule has 2 unspecified atom stereocenters. The van der Waals surface area contributed by atoms with E-state index in [1.807, 2.05) is 0 Å². The van der Waals surface area contributed by atoms with Gasteiger partial charge in [0.25, 0.3) is 0 Å². The molecule has 2 heterocycles. The summed E-state index contributed by atoms with van der Waals surface area (Å²) in [5.41, 5.74) is -0.0289. The fourth-order valence-electron chi connectivity index (χ4n) is 3.97. The van der Waals surface area contributed by atoms with Gasteiger partial charge in [0.2, 0.25) is 5.91 Å². The highest BCUT2D eigenvalue weighted by Crippen LogP contribution is 2.40. The maximum Gasteiger partial charge on any atom is 0.228 e. The average Bonchev–Trinajstić information content (AvgIpc) is 2.96. The summed E-state index contributed by atoms with van der Waals surface area (Å²) in [5.74, 6) is 1.99. The van der Waals surface area contributed by atoms with Gasteiger partial charge in [-0.1, -0.05) is 19.8 Å². The van der Waals surface area contributed by atoms with Crippen LogP contribution in [0.15, 0.2) is 0 Å². The Labute approximate surface area is 116 Å².